The number of benzene rings is 2. The van der Waals surface area contributed by atoms with Gasteiger partial charge in [0.25, 0.3) is 0 Å². The van der Waals surface area contributed by atoms with E-state index in [-0.39, 0.29) is 5.82 Å². The van der Waals surface area contributed by atoms with Crippen LogP contribution in [-0.4, -0.2) is 75.5 Å². The highest BCUT2D eigenvalue weighted by atomic mass is 19.1. The summed E-state index contributed by atoms with van der Waals surface area (Å²) in [5.74, 6) is -1.11. The number of halogens is 1. The fourth-order valence-electron chi connectivity index (χ4n) is 6.49. The summed E-state index contributed by atoms with van der Waals surface area (Å²) in [6.07, 6.45) is 3.89. The molecule has 0 N–H and O–H groups in total. The average Bonchev–Trinajstić information content (AvgIpc) is 3.66. The fourth-order valence-corrected chi connectivity index (χ4v) is 6.49. The van der Waals surface area contributed by atoms with E-state index >= 15 is 0 Å². The van der Waals surface area contributed by atoms with Gasteiger partial charge in [-0.15, -0.1) is 0 Å². The SMILES string of the molecule is Fc1ccc(C2(CCCN3CCN(CCC4Cc5ccccc5C45OCCO5)CC3)OCCO2)cc1. The zero-order chi connectivity index (χ0) is 24.4. The normalized spacial score (nSPS) is 25.5. The first-order chi connectivity index (χ1) is 17.7. The topological polar surface area (TPSA) is 43.4 Å². The summed E-state index contributed by atoms with van der Waals surface area (Å²) in [5, 5.41) is 0. The monoisotopic (exact) mass is 496 g/mol. The van der Waals surface area contributed by atoms with Crippen LogP contribution in [0.5, 0.6) is 0 Å². The largest absolute Gasteiger partial charge is 0.343 e. The van der Waals surface area contributed by atoms with Crippen LogP contribution in [-0.2, 0) is 36.9 Å². The van der Waals surface area contributed by atoms with Gasteiger partial charge in [-0.25, -0.2) is 4.39 Å². The van der Waals surface area contributed by atoms with Crippen LogP contribution in [0, 0.1) is 11.7 Å². The second kappa shape index (κ2) is 10.5. The molecule has 0 saturated carbocycles. The molecule has 2 aromatic carbocycles. The van der Waals surface area contributed by atoms with Crippen molar-refractivity contribution in [1.82, 2.24) is 9.80 Å². The molecule has 4 aliphatic rings. The van der Waals surface area contributed by atoms with Gasteiger partial charge in [-0.05, 0) is 50.0 Å². The van der Waals surface area contributed by atoms with Crippen LogP contribution >= 0.6 is 0 Å². The van der Waals surface area contributed by atoms with Crippen LogP contribution in [0.4, 0.5) is 4.39 Å². The molecule has 0 aromatic heterocycles. The molecule has 2 aromatic rings. The second-order valence-electron chi connectivity index (χ2n) is 10.5. The van der Waals surface area contributed by atoms with Crippen LogP contribution in [0.15, 0.2) is 48.5 Å². The van der Waals surface area contributed by atoms with Crippen LogP contribution in [0.25, 0.3) is 0 Å². The van der Waals surface area contributed by atoms with E-state index in [0.717, 1.165) is 70.5 Å². The van der Waals surface area contributed by atoms with E-state index in [1.54, 1.807) is 12.1 Å². The molecule has 36 heavy (non-hydrogen) atoms. The number of rotatable bonds is 8. The summed E-state index contributed by atoms with van der Waals surface area (Å²) in [7, 11) is 0. The molecular formula is C29H37FN2O4. The molecule has 1 aliphatic carbocycles. The lowest BCUT2D eigenvalue weighted by Gasteiger charge is -2.37. The molecule has 1 unspecified atom stereocenters. The van der Waals surface area contributed by atoms with Crippen molar-refractivity contribution in [1.29, 1.82) is 0 Å². The maximum Gasteiger partial charge on any atom is 0.198 e. The minimum absolute atomic E-state index is 0.235. The number of piperazine rings is 1. The Balaban J connectivity index is 0.967. The maximum atomic E-state index is 13.4. The Morgan fingerprint density at radius 1 is 0.778 bits per heavy atom. The minimum Gasteiger partial charge on any atom is -0.343 e. The number of hydrogen-bond acceptors (Lipinski definition) is 6. The van der Waals surface area contributed by atoms with Crippen molar-refractivity contribution in [2.24, 2.45) is 5.92 Å². The van der Waals surface area contributed by atoms with Crippen molar-refractivity contribution in [3.05, 3.63) is 71.0 Å². The molecule has 1 spiro atoms. The summed E-state index contributed by atoms with van der Waals surface area (Å²) in [4.78, 5) is 5.13. The van der Waals surface area contributed by atoms with Gasteiger partial charge >= 0.3 is 0 Å². The first-order valence-electron chi connectivity index (χ1n) is 13.5. The third kappa shape index (κ3) is 4.73. The van der Waals surface area contributed by atoms with Gasteiger partial charge in [0.2, 0.25) is 0 Å². The standard InChI is InChI=1S/C29H37FN2O4/c30-26-8-6-24(7-9-26)28(33-18-19-34-28)11-3-12-31-14-16-32(17-15-31)13-10-25-22-23-4-1-2-5-27(23)29(25)35-20-21-36-29/h1-2,4-9,25H,3,10-22H2. The van der Waals surface area contributed by atoms with E-state index in [9.17, 15) is 4.39 Å². The Labute approximate surface area is 213 Å². The van der Waals surface area contributed by atoms with E-state index < -0.39 is 11.6 Å². The predicted octanol–water partition coefficient (Wildman–Crippen LogP) is 3.89. The molecule has 3 saturated heterocycles. The van der Waals surface area contributed by atoms with Gasteiger partial charge in [0.1, 0.15) is 5.82 Å². The maximum absolute atomic E-state index is 13.4. The summed E-state index contributed by atoms with van der Waals surface area (Å²) in [5.41, 5.74) is 3.53. The Hall–Kier alpha value is -1.87. The van der Waals surface area contributed by atoms with E-state index in [1.807, 2.05) is 0 Å². The first kappa shape index (κ1) is 24.5. The highest BCUT2D eigenvalue weighted by Gasteiger charge is 2.51. The molecule has 0 radical (unpaired) electrons. The Morgan fingerprint density at radius 2 is 1.42 bits per heavy atom. The molecule has 0 bridgehead atoms. The fraction of sp³-hybridized carbons (Fsp3) is 0.586. The zero-order valence-corrected chi connectivity index (χ0v) is 21.0. The lowest BCUT2D eigenvalue weighted by atomic mass is 9.95. The molecule has 3 heterocycles. The van der Waals surface area contributed by atoms with Gasteiger partial charge in [0.15, 0.2) is 11.6 Å². The van der Waals surface area contributed by atoms with E-state index in [4.69, 9.17) is 18.9 Å². The van der Waals surface area contributed by atoms with Crippen LogP contribution in [0.3, 0.4) is 0 Å². The van der Waals surface area contributed by atoms with Gasteiger partial charge in [-0.2, -0.15) is 0 Å². The van der Waals surface area contributed by atoms with Crippen molar-refractivity contribution in [3.8, 4) is 0 Å². The van der Waals surface area contributed by atoms with Gasteiger partial charge in [0.05, 0.1) is 26.4 Å². The second-order valence-corrected chi connectivity index (χ2v) is 10.5. The van der Waals surface area contributed by atoms with Gasteiger partial charge in [-0.3, -0.25) is 0 Å². The lowest BCUT2D eigenvalue weighted by molar-refractivity contribution is -0.198. The Kier molecular flexibility index (Phi) is 7.12. The van der Waals surface area contributed by atoms with Crippen molar-refractivity contribution < 1.29 is 23.3 Å². The van der Waals surface area contributed by atoms with E-state index in [1.165, 1.54) is 23.3 Å². The van der Waals surface area contributed by atoms with Crippen molar-refractivity contribution in [3.63, 3.8) is 0 Å². The summed E-state index contributed by atoms with van der Waals surface area (Å²) < 4.78 is 37.9. The highest BCUT2D eigenvalue weighted by Crippen LogP contribution is 2.48. The predicted molar refractivity (Wildman–Crippen MR) is 134 cm³/mol. The quantitative estimate of drug-likeness (QED) is 0.553. The number of ether oxygens (including phenoxy) is 4. The lowest BCUT2D eigenvalue weighted by Crippen LogP contribution is -2.47. The number of hydrogen-bond donors (Lipinski definition) is 0. The Morgan fingerprint density at radius 3 is 2.14 bits per heavy atom. The average molecular weight is 497 g/mol. The summed E-state index contributed by atoms with van der Waals surface area (Å²) in [6.45, 7) is 8.96. The van der Waals surface area contributed by atoms with Gasteiger partial charge < -0.3 is 28.7 Å². The number of fused-ring (bicyclic) bond motifs is 2. The van der Waals surface area contributed by atoms with E-state index in [0.29, 0.717) is 32.3 Å². The Bertz CT molecular complexity index is 1010. The molecule has 3 fully saturated rings. The van der Waals surface area contributed by atoms with Crippen molar-refractivity contribution in [2.45, 2.75) is 37.3 Å². The molecule has 6 rings (SSSR count). The number of nitrogens with zero attached hydrogens (tertiary/aromatic N) is 2. The smallest absolute Gasteiger partial charge is 0.198 e. The van der Waals surface area contributed by atoms with Crippen molar-refractivity contribution >= 4 is 0 Å². The molecule has 1 atom stereocenters. The summed E-state index contributed by atoms with van der Waals surface area (Å²) in [6, 6.07) is 15.2. The molecule has 6 nitrogen and oxygen atoms in total. The highest BCUT2D eigenvalue weighted by molar-refractivity contribution is 5.37. The first-order valence-corrected chi connectivity index (χ1v) is 13.5. The van der Waals surface area contributed by atoms with Crippen molar-refractivity contribution in [2.75, 3.05) is 65.7 Å². The molecule has 7 heteroatoms. The van der Waals surface area contributed by atoms with Crippen LogP contribution < -0.4 is 0 Å². The van der Waals surface area contributed by atoms with E-state index in [2.05, 4.69) is 34.1 Å². The third-order valence-corrected chi connectivity index (χ3v) is 8.39. The minimum atomic E-state index is -0.727. The van der Waals surface area contributed by atoms with Crippen LogP contribution in [0.2, 0.25) is 0 Å². The van der Waals surface area contributed by atoms with Gasteiger partial charge in [0, 0.05) is 49.6 Å². The molecule has 194 valence electrons. The van der Waals surface area contributed by atoms with Crippen LogP contribution in [0.1, 0.15) is 36.0 Å². The molecule has 0 amide bonds. The van der Waals surface area contributed by atoms with Gasteiger partial charge in [-0.1, -0.05) is 36.4 Å². The third-order valence-electron chi connectivity index (χ3n) is 8.39. The summed E-state index contributed by atoms with van der Waals surface area (Å²) >= 11 is 0. The zero-order valence-electron chi connectivity index (χ0n) is 21.0. The molecule has 3 aliphatic heterocycles. The molecular weight excluding hydrogens is 459 g/mol.